The maximum atomic E-state index is 13.0. The van der Waals surface area contributed by atoms with Crippen LogP contribution in [0.15, 0.2) is 51.9 Å². The Bertz CT molecular complexity index is 1120. The van der Waals surface area contributed by atoms with E-state index in [1.165, 1.54) is 0 Å². The van der Waals surface area contributed by atoms with Gasteiger partial charge >= 0.3 is 0 Å². The third-order valence-corrected chi connectivity index (χ3v) is 5.30. The van der Waals surface area contributed by atoms with E-state index in [0.29, 0.717) is 23.4 Å². The Morgan fingerprint density at radius 1 is 1.33 bits per heavy atom. The van der Waals surface area contributed by atoms with E-state index >= 15 is 0 Å². The summed E-state index contributed by atoms with van der Waals surface area (Å²) in [5.74, 6) is 0.149. The Kier molecular flexibility index (Phi) is 4.52. The van der Waals surface area contributed by atoms with Gasteiger partial charge in [-0.3, -0.25) is 9.59 Å². The minimum Gasteiger partial charge on any atom is -0.492 e. The lowest BCUT2D eigenvalue weighted by Gasteiger charge is -2.14. The molecule has 0 aliphatic carbocycles. The number of aromatic nitrogens is 1. The van der Waals surface area contributed by atoms with Crippen molar-refractivity contribution in [1.29, 1.82) is 0 Å². The van der Waals surface area contributed by atoms with Crippen molar-refractivity contribution in [2.75, 3.05) is 11.9 Å². The summed E-state index contributed by atoms with van der Waals surface area (Å²) >= 11 is 3.48. The van der Waals surface area contributed by atoms with Crippen LogP contribution < -0.4 is 15.5 Å². The summed E-state index contributed by atoms with van der Waals surface area (Å²) in [5, 5.41) is 3.39. The fourth-order valence-corrected chi connectivity index (χ4v) is 4.17. The van der Waals surface area contributed by atoms with Crippen molar-refractivity contribution in [3.05, 3.63) is 68.4 Å². The minimum absolute atomic E-state index is 0.131. The number of benzene rings is 2. The smallest absolute Gasteiger partial charge is 0.261 e. The van der Waals surface area contributed by atoms with E-state index in [2.05, 4.69) is 28.2 Å². The van der Waals surface area contributed by atoms with Crippen LogP contribution in [0.4, 0.5) is 5.69 Å². The molecule has 4 rings (SSSR count). The van der Waals surface area contributed by atoms with Gasteiger partial charge in [-0.1, -0.05) is 28.1 Å². The number of anilines is 1. The summed E-state index contributed by atoms with van der Waals surface area (Å²) in [6.07, 6.45) is 2.52. The van der Waals surface area contributed by atoms with Gasteiger partial charge in [0.2, 0.25) is 5.43 Å². The van der Waals surface area contributed by atoms with E-state index in [-0.39, 0.29) is 17.0 Å². The molecular weight excluding hydrogens is 408 g/mol. The molecule has 0 fully saturated rings. The molecule has 0 saturated heterocycles. The zero-order valence-electron chi connectivity index (χ0n) is 15.1. The van der Waals surface area contributed by atoms with Gasteiger partial charge < -0.3 is 14.6 Å². The van der Waals surface area contributed by atoms with Crippen molar-refractivity contribution in [3.63, 3.8) is 0 Å². The second-order valence-corrected chi connectivity index (χ2v) is 7.59. The van der Waals surface area contributed by atoms with Crippen molar-refractivity contribution in [3.8, 4) is 5.75 Å². The molecule has 1 unspecified atom stereocenters. The second kappa shape index (κ2) is 6.85. The van der Waals surface area contributed by atoms with Gasteiger partial charge in [-0.15, -0.1) is 0 Å². The molecule has 3 aromatic rings. The molecule has 1 aromatic heterocycles. The van der Waals surface area contributed by atoms with Gasteiger partial charge in [0.15, 0.2) is 0 Å². The summed E-state index contributed by atoms with van der Waals surface area (Å²) in [6, 6.07) is 11.2. The highest BCUT2D eigenvalue weighted by molar-refractivity contribution is 9.10. The van der Waals surface area contributed by atoms with Crippen LogP contribution in [-0.4, -0.2) is 17.1 Å². The zero-order valence-corrected chi connectivity index (χ0v) is 16.7. The number of hydrogen-bond donors (Lipinski definition) is 1. The lowest BCUT2D eigenvalue weighted by molar-refractivity contribution is 0.102. The predicted octanol–water partition coefficient (Wildman–Crippen LogP) is 4.53. The van der Waals surface area contributed by atoms with E-state index < -0.39 is 5.91 Å². The number of amides is 1. The molecule has 0 saturated carbocycles. The van der Waals surface area contributed by atoms with Crippen molar-refractivity contribution >= 4 is 38.4 Å². The molecule has 27 heavy (non-hydrogen) atoms. The van der Waals surface area contributed by atoms with Gasteiger partial charge in [0.05, 0.1) is 17.8 Å². The van der Waals surface area contributed by atoms with E-state index in [1.807, 2.05) is 29.7 Å². The van der Waals surface area contributed by atoms with Gasteiger partial charge in [0.25, 0.3) is 5.91 Å². The maximum Gasteiger partial charge on any atom is 0.261 e. The van der Waals surface area contributed by atoms with Crippen molar-refractivity contribution in [1.82, 2.24) is 4.57 Å². The Balaban J connectivity index is 1.81. The standard InChI is InChI=1S/C21H19BrN2O3/c1-3-27-18-7-5-4-6-17(18)23-21(26)16-11-24-12(2)8-13-9-14(22)10-15(19(13)24)20(16)25/h4-7,9-12H,3,8H2,1-2H3,(H,23,26). The number of carbonyl (C=O) groups excluding carboxylic acids is 1. The Morgan fingerprint density at radius 2 is 2.11 bits per heavy atom. The number of nitrogens with zero attached hydrogens (tertiary/aromatic N) is 1. The highest BCUT2D eigenvalue weighted by Gasteiger charge is 2.25. The third-order valence-electron chi connectivity index (χ3n) is 4.84. The van der Waals surface area contributed by atoms with E-state index in [1.54, 1.807) is 24.4 Å². The fraction of sp³-hybridized carbons (Fsp3) is 0.238. The normalized spacial score (nSPS) is 15.1. The number of hydrogen-bond acceptors (Lipinski definition) is 3. The summed E-state index contributed by atoms with van der Waals surface area (Å²) in [4.78, 5) is 26.0. The molecule has 1 N–H and O–H groups in total. The molecule has 1 aliphatic rings. The van der Waals surface area contributed by atoms with E-state index in [9.17, 15) is 9.59 Å². The van der Waals surface area contributed by atoms with Crippen LogP contribution >= 0.6 is 15.9 Å². The summed E-state index contributed by atoms with van der Waals surface area (Å²) < 4.78 is 8.43. The van der Waals surface area contributed by atoms with E-state index in [0.717, 1.165) is 22.0 Å². The van der Waals surface area contributed by atoms with Crippen LogP contribution in [0.2, 0.25) is 0 Å². The monoisotopic (exact) mass is 426 g/mol. The summed E-state index contributed by atoms with van der Waals surface area (Å²) in [7, 11) is 0. The van der Waals surface area contributed by atoms with Crippen LogP contribution in [0.3, 0.4) is 0 Å². The van der Waals surface area contributed by atoms with Crippen LogP contribution in [-0.2, 0) is 6.42 Å². The molecule has 2 heterocycles. The second-order valence-electron chi connectivity index (χ2n) is 6.68. The van der Waals surface area contributed by atoms with Crippen LogP contribution in [0.25, 0.3) is 10.9 Å². The topological polar surface area (TPSA) is 60.3 Å². The number of pyridine rings is 1. The zero-order chi connectivity index (χ0) is 19.1. The van der Waals surface area contributed by atoms with Crippen molar-refractivity contribution in [2.45, 2.75) is 26.3 Å². The molecule has 1 amide bonds. The number of nitrogens with one attached hydrogen (secondary N) is 1. The number of halogens is 1. The first-order valence-electron chi connectivity index (χ1n) is 8.90. The Hall–Kier alpha value is -2.60. The first-order valence-corrected chi connectivity index (χ1v) is 9.69. The lowest BCUT2D eigenvalue weighted by Crippen LogP contribution is -2.24. The van der Waals surface area contributed by atoms with E-state index in [4.69, 9.17) is 4.74 Å². The molecule has 0 spiro atoms. The lowest BCUT2D eigenvalue weighted by atomic mass is 10.1. The van der Waals surface area contributed by atoms with Gasteiger partial charge in [0.1, 0.15) is 11.3 Å². The quantitative estimate of drug-likeness (QED) is 0.666. The minimum atomic E-state index is -0.432. The molecule has 1 atom stereocenters. The maximum absolute atomic E-state index is 13.0. The van der Waals surface area contributed by atoms with Gasteiger partial charge in [-0.25, -0.2) is 0 Å². The number of para-hydroxylation sites is 2. The number of rotatable bonds is 4. The first-order chi connectivity index (χ1) is 13.0. The molecule has 5 nitrogen and oxygen atoms in total. The molecule has 0 bridgehead atoms. The Labute approximate surface area is 165 Å². The van der Waals surface area contributed by atoms with Gasteiger partial charge in [-0.2, -0.15) is 0 Å². The van der Waals surface area contributed by atoms with Crippen LogP contribution in [0, 0.1) is 0 Å². The third kappa shape index (κ3) is 3.04. The SMILES string of the molecule is CCOc1ccccc1NC(=O)c1cn2c3c(cc(Br)cc3c1=O)CC2C. The first kappa shape index (κ1) is 17.8. The fourth-order valence-electron chi connectivity index (χ4n) is 3.66. The predicted molar refractivity (Wildman–Crippen MR) is 110 cm³/mol. The number of carbonyl (C=O) groups is 1. The van der Waals surface area contributed by atoms with Crippen molar-refractivity contribution in [2.24, 2.45) is 0 Å². The average Bonchev–Trinajstić information content (AvgIpc) is 2.95. The largest absolute Gasteiger partial charge is 0.492 e. The van der Waals surface area contributed by atoms with Crippen LogP contribution in [0.1, 0.15) is 35.8 Å². The molecule has 2 aromatic carbocycles. The average molecular weight is 427 g/mol. The number of ether oxygens (including phenoxy) is 1. The molecular formula is C21H19BrN2O3. The molecule has 138 valence electrons. The molecule has 0 radical (unpaired) electrons. The Morgan fingerprint density at radius 3 is 2.89 bits per heavy atom. The van der Waals surface area contributed by atoms with Crippen molar-refractivity contribution < 1.29 is 9.53 Å². The summed E-state index contributed by atoms with van der Waals surface area (Å²) in [5.41, 5.74) is 2.46. The summed E-state index contributed by atoms with van der Waals surface area (Å²) in [6.45, 7) is 4.46. The molecule has 6 heteroatoms. The van der Waals surface area contributed by atoms with Gasteiger partial charge in [-0.05, 0) is 50.1 Å². The molecule has 1 aliphatic heterocycles. The highest BCUT2D eigenvalue weighted by Crippen LogP contribution is 2.33. The van der Waals surface area contributed by atoms with Crippen LogP contribution in [0.5, 0.6) is 5.75 Å². The highest BCUT2D eigenvalue weighted by atomic mass is 79.9. The van der Waals surface area contributed by atoms with Gasteiger partial charge in [0, 0.05) is 22.1 Å².